The van der Waals surface area contributed by atoms with E-state index in [9.17, 15) is 19.5 Å². The number of hydrogen-bond acceptors (Lipinski definition) is 4. The number of fused-ring (bicyclic) bond motifs is 1. The zero-order chi connectivity index (χ0) is 30.0. The molecule has 3 aliphatic rings. The number of piperidine rings is 2. The van der Waals surface area contributed by atoms with Crippen molar-refractivity contribution in [2.75, 3.05) is 45.6 Å². The number of anilines is 1. The van der Waals surface area contributed by atoms with Crippen LogP contribution in [0.2, 0.25) is 5.02 Å². The Morgan fingerprint density at radius 3 is 2.50 bits per heavy atom. The molecule has 0 radical (unpaired) electrons. The Morgan fingerprint density at radius 1 is 1.07 bits per heavy atom. The van der Waals surface area contributed by atoms with E-state index in [1.54, 1.807) is 0 Å². The first-order valence-corrected chi connectivity index (χ1v) is 15.4. The molecule has 2 N–H and O–H groups in total. The molecule has 0 bridgehead atoms. The number of benzene rings is 2. The summed E-state index contributed by atoms with van der Waals surface area (Å²) >= 11 is 6.48. The Kier molecular flexibility index (Phi) is 9.28. The third-order valence-corrected chi connectivity index (χ3v) is 9.83. The average molecular weight is 596 g/mol. The first-order valence-electron chi connectivity index (χ1n) is 15.0. The van der Waals surface area contributed by atoms with Gasteiger partial charge in [0, 0.05) is 55.0 Å². The van der Waals surface area contributed by atoms with Gasteiger partial charge in [-0.15, -0.1) is 0 Å². The fraction of sp³-hybridized carbons (Fsp3) is 0.531. The van der Waals surface area contributed by atoms with Gasteiger partial charge in [-0.2, -0.15) is 0 Å². The van der Waals surface area contributed by atoms with Crippen molar-refractivity contribution in [1.29, 1.82) is 0 Å². The molecule has 2 unspecified atom stereocenters. The fourth-order valence-corrected chi connectivity index (χ4v) is 7.06. The molecule has 2 aromatic rings. The number of carboxylic acid groups (broad SMARTS) is 1. The van der Waals surface area contributed by atoms with Crippen LogP contribution in [0.4, 0.5) is 15.3 Å². The maximum atomic E-state index is 14.3. The Hall–Kier alpha value is -3.30. The highest BCUT2D eigenvalue weighted by molar-refractivity contribution is 6.31. The van der Waals surface area contributed by atoms with Crippen LogP contribution in [0.25, 0.3) is 0 Å². The monoisotopic (exact) mass is 595 g/mol. The second-order valence-electron chi connectivity index (χ2n) is 12.2. The molecule has 0 spiro atoms. The summed E-state index contributed by atoms with van der Waals surface area (Å²) in [4.78, 5) is 47.7. The molecular formula is C32H42ClN5O4. The molecule has 2 aromatic carbocycles. The van der Waals surface area contributed by atoms with Crippen LogP contribution in [-0.4, -0.2) is 101 Å². The van der Waals surface area contributed by atoms with Crippen molar-refractivity contribution >= 4 is 35.3 Å². The van der Waals surface area contributed by atoms with Crippen molar-refractivity contribution in [2.45, 2.75) is 63.6 Å². The highest BCUT2D eigenvalue weighted by Crippen LogP contribution is 2.33. The van der Waals surface area contributed by atoms with Gasteiger partial charge in [0.25, 0.3) is 0 Å². The Bertz CT molecular complexity index is 1310. The lowest BCUT2D eigenvalue weighted by Crippen LogP contribution is -2.59. The van der Waals surface area contributed by atoms with Gasteiger partial charge >= 0.3 is 12.1 Å². The number of urea groups is 1. The molecule has 9 nitrogen and oxygen atoms in total. The van der Waals surface area contributed by atoms with Crippen LogP contribution in [-0.2, 0) is 17.6 Å². The Labute approximate surface area is 253 Å². The molecule has 10 heteroatoms. The minimum atomic E-state index is -1.03. The number of carbonyl (C=O) groups is 3. The normalized spacial score (nSPS) is 22.4. The molecule has 2 saturated heterocycles. The van der Waals surface area contributed by atoms with E-state index in [4.69, 9.17) is 11.6 Å². The van der Waals surface area contributed by atoms with Gasteiger partial charge in [0.1, 0.15) is 0 Å². The average Bonchev–Trinajstić information content (AvgIpc) is 3.15. The van der Waals surface area contributed by atoms with Crippen molar-refractivity contribution in [3.05, 3.63) is 64.2 Å². The van der Waals surface area contributed by atoms with Crippen molar-refractivity contribution < 1.29 is 19.5 Å². The van der Waals surface area contributed by atoms with E-state index in [1.165, 1.54) is 4.90 Å². The SMILES string of the molecule is Cc1ccc(CC(C(=O)N2CCC(N(C)C)CC2)[C@H]2CC(N3CCc4ccccc4NC3=O)CCN2C(=O)O)cc1Cl. The molecule has 0 aromatic heterocycles. The summed E-state index contributed by atoms with van der Waals surface area (Å²) in [7, 11) is 4.13. The van der Waals surface area contributed by atoms with Gasteiger partial charge in [-0.1, -0.05) is 41.9 Å². The Morgan fingerprint density at radius 2 is 1.81 bits per heavy atom. The topological polar surface area (TPSA) is 96.4 Å². The number of hydrogen-bond donors (Lipinski definition) is 2. The minimum absolute atomic E-state index is 0.0199. The predicted molar refractivity (Wildman–Crippen MR) is 164 cm³/mol. The zero-order valence-corrected chi connectivity index (χ0v) is 25.5. The third-order valence-electron chi connectivity index (χ3n) is 9.43. The van der Waals surface area contributed by atoms with E-state index in [0.29, 0.717) is 56.4 Å². The van der Waals surface area contributed by atoms with Crippen LogP contribution in [0.1, 0.15) is 42.4 Å². The van der Waals surface area contributed by atoms with Gasteiger partial charge in [-0.25, -0.2) is 9.59 Å². The van der Waals surface area contributed by atoms with Gasteiger partial charge in [-0.3, -0.25) is 4.79 Å². The molecule has 2 fully saturated rings. The maximum Gasteiger partial charge on any atom is 0.407 e. The van der Waals surface area contributed by atoms with Crippen LogP contribution in [0, 0.1) is 12.8 Å². The van der Waals surface area contributed by atoms with E-state index in [-0.39, 0.29) is 24.5 Å². The van der Waals surface area contributed by atoms with Gasteiger partial charge in [0.2, 0.25) is 5.91 Å². The molecule has 3 aliphatic heterocycles. The van der Waals surface area contributed by atoms with E-state index >= 15 is 0 Å². The van der Waals surface area contributed by atoms with Gasteiger partial charge in [0.05, 0.1) is 5.92 Å². The number of nitrogens with one attached hydrogen (secondary N) is 1. The number of aryl methyl sites for hydroxylation is 1. The quantitative estimate of drug-likeness (QED) is 0.492. The summed E-state index contributed by atoms with van der Waals surface area (Å²) in [5.74, 6) is -0.612. The van der Waals surface area contributed by atoms with E-state index < -0.39 is 18.1 Å². The molecule has 42 heavy (non-hydrogen) atoms. The molecule has 0 saturated carbocycles. The van der Waals surface area contributed by atoms with Crippen LogP contribution in [0.15, 0.2) is 42.5 Å². The summed E-state index contributed by atoms with van der Waals surface area (Å²) < 4.78 is 0. The van der Waals surface area contributed by atoms with Gasteiger partial charge in [0.15, 0.2) is 0 Å². The lowest BCUT2D eigenvalue weighted by atomic mass is 9.82. The fourth-order valence-electron chi connectivity index (χ4n) is 6.86. The van der Waals surface area contributed by atoms with E-state index in [0.717, 1.165) is 35.2 Å². The molecular weight excluding hydrogens is 554 g/mol. The maximum absolute atomic E-state index is 14.3. The summed E-state index contributed by atoms with van der Waals surface area (Å²) in [6, 6.07) is 13.1. The highest BCUT2D eigenvalue weighted by atomic mass is 35.5. The molecule has 5 rings (SSSR count). The molecule has 3 atom stereocenters. The summed E-state index contributed by atoms with van der Waals surface area (Å²) in [5, 5.41) is 14.0. The number of carbonyl (C=O) groups excluding carboxylic acids is 2. The Balaban J connectivity index is 1.43. The summed E-state index contributed by atoms with van der Waals surface area (Å²) in [6.07, 6.45) is 2.75. The summed E-state index contributed by atoms with van der Waals surface area (Å²) in [5.41, 5.74) is 3.75. The smallest absolute Gasteiger partial charge is 0.407 e. The second-order valence-corrected chi connectivity index (χ2v) is 12.6. The van der Waals surface area contributed by atoms with Gasteiger partial charge in [-0.05, 0) is 88.4 Å². The van der Waals surface area contributed by atoms with E-state index in [1.807, 2.05) is 59.2 Å². The largest absolute Gasteiger partial charge is 0.465 e. The standard InChI is InChI=1S/C32H42ClN5O4/c1-21-8-9-22(19-27(21)33)18-26(30(39)36-14-11-24(12-15-36)35(2)3)29-20-25(13-17-38(29)32(41)42)37-16-10-23-6-4-5-7-28(23)34-31(37)40/h4-9,19,24-26,29H,10-18,20H2,1-3H3,(H,34,40)(H,41,42)/t25?,26?,29-/m1/s1. The molecule has 0 aliphatic carbocycles. The third kappa shape index (κ3) is 6.52. The molecule has 4 amide bonds. The number of rotatable bonds is 6. The van der Waals surface area contributed by atoms with E-state index in [2.05, 4.69) is 24.3 Å². The van der Waals surface area contributed by atoms with Crippen LogP contribution in [0.3, 0.4) is 0 Å². The second kappa shape index (κ2) is 12.9. The predicted octanol–water partition coefficient (Wildman–Crippen LogP) is 4.96. The number of nitrogens with zero attached hydrogens (tertiary/aromatic N) is 4. The highest BCUT2D eigenvalue weighted by Gasteiger charge is 2.44. The summed E-state index contributed by atoms with van der Waals surface area (Å²) in [6.45, 7) is 4.03. The van der Waals surface area contributed by atoms with Crippen LogP contribution in [0.5, 0.6) is 0 Å². The van der Waals surface area contributed by atoms with Crippen LogP contribution < -0.4 is 5.32 Å². The van der Waals surface area contributed by atoms with Crippen molar-refractivity contribution in [3.8, 4) is 0 Å². The number of para-hydroxylation sites is 1. The lowest BCUT2D eigenvalue weighted by Gasteiger charge is -2.46. The molecule has 226 valence electrons. The number of likely N-dealkylation sites (tertiary alicyclic amines) is 2. The first-order chi connectivity index (χ1) is 20.1. The minimum Gasteiger partial charge on any atom is -0.465 e. The zero-order valence-electron chi connectivity index (χ0n) is 24.8. The molecule has 3 heterocycles. The van der Waals surface area contributed by atoms with Crippen LogP contribution >= 0.6 is 11.6 Å². The van der Waals surface area contributed by atoms with Crippen molar-refractivity contribution in [1.82, 2.24) is 19.6 Å². The van der Waals surface area contributed by atoms with Crippen molar-refractivity contribution in [2.24, 2.45) is 5.92 Å². The number of amides is 4. The van der Waals surface area contributed by atoms with Crippen molar-refractivity contribution in [3.63, 3.8) is 0 Å². The first kappa shape index (κ1) is 30.2. The lowest BCUT2D eigenvalue weighted by molar-refractivity contribution is -0.140. The number of halogens is 1. The van der Waals surface area contributed by atoms with Gasteiger partial charge < -0.3 is 30.0 Å².